The Morgan fingerprint density at radius 1 is 1.13 bits per heavy atom. The number of ether oxygens (including phenoxy) is 2. The third-order valence-electron chi connectivity index (χ3n) is 5.69. The van der Waals surface area contributed by atoms with E-state index in [2.05, 4.69) is 25.8 Å². The van der Waals surface area contributed by atoms with E-state index in [0.717, 1.165) is 43.4 Å². The minimum Gasteiger partial charge on any atom is -0.443 e. The molecule has 31 heavy (non-hydrogen) atoms. The number of furan rings is 1. The maximum absolute atomic E-state index is 12.3. The van der Waals surface area contributed by atoms with Crippen molar-refractivity contribution >= 4 is 11.1 Å². The Hall–Kier alpha value is -1.70. The monoisotopic (exact) mass is 434 g/mol. The third kappa shape index (κ3) is 7.44. The van der Waals surface area contributed by atoms with Crippen LogP contribution in [0.3, 0.4) is 0 Å². The standard InChI is InChI=1S/C24H38N2O5/c1-24(2,3)29-14-10-8-6-4-5-7-9-11-19-15-18-16-26(23(28)25-22(18)31-19)21-13-12-20(17-27)30-21/h15-16,20-21,27H,4-14,17H2,1-3H3/t20-,21+/m1/s1. The van der Waals surface area contributed by atoms with Gasteiger partial charge in [0.2, 0.25) is 5.71 Å². The first-order valence-corrected chi connectivity index (χ1v) is 11.8. The Labute approximate surface area is 184 Å². The van der Waals surface area contributed by atoms with Crippen LogP contribution in [0.1, 0.15) is 90.5 Å². The van der Waals surface area contributed by atoms with Gasteiger partial charge in [-0.1, -0.05) is 32.1 Å². The van der Waals surface area contributed by atoms with Crippen LogP contribution < -0.4 is 5.69 Å². The zero-order valence-electron chi connectivity index (χ0n) is 19.3. The van der Waals surface area contributed by atoms with E-state index in [-0.39, 0.29) is 30.2 Å². The lowest BCUT2D eigenvalue weighted by Crippen LogP contribution is -2.27. The highest BCUT2D eigenvalue weighted by Gasteiger charge is 2.27. The van der Waals surface area contributed by atoms with Crippen molar-refractivity contribution in [1.82, 2.24) is 9.55 Å². The molecule has 1 fully saturated rings. The number of aliphatic hydroxyl groups is 1. The second kappa shape index (κ2) is 11.2. The van der Waals surface area contributed by atoms with Crippen molar-refractivity contribution in [3.63, 3.8) is 0 Å². The maximum atomic E-state index is 12.3. The van der Waals surface area contributed by atoms with E-state index in [1.165, 1.54) is 36.7 Å². The summed E-state index contributed by atoms with van der Waals surface area (Å²) in [6.07, 6.45) is 11.9. The van der Waals surface area contributed by atoms with E-state index < -0.39 is 0 Å². The summed E-state index contributed by atoms with van der Waals surface area (Å²) in [5.74, 6) is 0.875. The fourth-order valence-electron chi connectivity index (χ4n) is 4.00. The van der Waals surface area contributed by atoms with Gasteiger partial charge in [0.25, 0.3) is 0 Å². The largest absolute Gasteiger partial charge is 0.443 e. The highest BCUT2D eigenvalue weighted by Crippen LogP contribution is 2.28. The SMILES string of the molecule is CC(C)(C)OCCCCCCCCCc1cc2cn([C@@H]3CC[C@H](CO)O3)c(=O)nc2o1. The van der Waals surface area contributed by atoms with Crippen LogP contribution in [0.5, 0.6) is 0 Å². The number of aromatic nitrogens is 2. The van der Waals surface area contributed by atoms with E-state index in [0.29, 0.717) is 12.1 Å². The number of aliphatic hydroxyl groups excluding tert-OH is 1. The number of nitrogens with zero attached hydrogens (tertiary/aromatic N) is 2. The molecule has 2 aromatic rings. The lowest BCUT2D eigenvalue weighted by atomic mass is 10.1. The van der Waals surface area contributed by atoms with Crippen LogP contribution in [-0.4, -0.2) is 39.6 Å². The topological polar surface area (TPSA) is 86.7 Å². The van der Waals surface area contributed by atoms with Gasteiger partial charge in [0.1, 0.15) is 12.0 Å². The lowest BCUT2D eigenvalue weighted by molar-refractivity contribution is -0.0243. The highest BCUT2D eigenvalue weighted by atomic mass is 16.5. The molecule has 1 aliphatic heterocycles. The van der Waals surface area contributed by atoms with Crippen LogP contribution >= 0.6 is 0 Å². The third-order valence-corrected chi connectivity index (χ3v) is 5.69. The molecule has 2 atom stereocenters. The Bertz CT molecular complexity index is 867. The second-order valence-corrected chi connectivity index (χ2v) is 9.56. The second-order valence-electron chi connectivity index (χ2n) is 9.56. The summed E-state index contributed by atoms with van der Waals surface area (Å²) in [5.41, 5.74) is -0.00935. The molecule has 0 saturated carbocycles. The molecular formula is C24H38N2O5. The molecule has 7 heteroatoms. The predicted octanol–water partition coefficient (Wildman–Crippen LogP) is 4.75. The van der Waals surface area contributed by atoms with Gasteiger partial charge < -0.3 is 19.0 Å². The summed E-state index contributed by atoms with van der Waals surface area (Å²) in [6, 6.07) is 1.98. The summed E-state index contributed by atoms with van der Waals surface area (Å²) in [5, 5.41) is 10.1. The van der Waals surface area contributed by atoms with Crippen LogP contribution in [0.25, 0.3) is 11.1 Å². The molecule has 0 aromatic carbocycles. The summed E-state index contributed by atoms with van der Waals surface area (Å²) < 4.78 is 18.8. The molecule has 2 aromatic heterocycles. The van der Waals surface area contributed by atoms with Crippen molar-refractivity contribution < 1.29 is 19.0 Å². The minimum absolute atomic E-state index is 0.0254. The van der Waals surface area contributed by atoms with Crippen molar-refractivity contribution in [1.29, 1.82) is 0 Å². The number of aryl methyl sites for hydroxylation is 1. The molecule has 0 aliphatic carbocycles. The van der Waals surface area contributed by atoms with Crippen LogP contribution in [-0.2, 0) is 15.9 Å². The summed E-state index contributed by atoms with van der Waals surface area (Å²) in [4.78, 5) is 16.4. The van der Waals surface area contributed by atoms with Crippen LogP contribution in [0.4, 0.5) is 0 Å². The number of rotatable bonds is 12. The van der Waals surface area contributed by atoms with Crippen LogP contribution in [0.2, 0.25) is 0 Å². The Balaban J connectivity index is 1.37. The first-order chi connectivity index (χ1) is 14.9. The molecule has 7 nitrogen and oxygen atoms in total. The number of unbranched alkanes of at least 4 members (excludes halogenated alkanes) is 6. The van der Waals surface area contributed by atoms with Gasteiger partial charge in [0, 0.05) is 19.2 Å². The van der Waals surface area contributed by atoms with Gasteiger partial charge in [-0.05, 0) is 52.5 Å². The van der Waals surface area contributed by atoms with Gasteiger partial charge >= 0.3 is 5.69 Å². The van der Waals surface area contributed by atoms with Crippen molar-refractivity contribution in [3.8, 4) is 0 Å². The fourth-order valence-corrected chi connectivity index (χ4v) is 4.00. The molecule has 1 saturated heterocycles. The van der Waals surface area contributed by atoms with Crippen molar-refractivity contribution in [2.24, 2.45) is 0 Å². The van der Waals surface area contributed by atoms with Crippen LogP contribution in [0, 0.1) is 0 Å². The molecule has 3 heterocycles. The average Bonchev–Trinajstić information content (AvgIpc) is 3.34. The first kappa shape index (κ1) is 24.0. The highest BCUT2D eigenvalue weighted by molar-refractivity contribution is 5.72. The molecule has 174 valence electrons. The zero-order valence-corrected chi connectivity index (χ0v) is 19.3. The smallest absolute Gasteiger partial charge is 0.353 e. The van der Waals surface area contributed by atoms with E-state index in [9.17, 15) is 9.90 Å². The molecule has 0 radical (unpaired) electrons. The van der Waals surface area contributed by atoms with E-state index >= 15 is 0 Å². The summed E-state index contributed by atoms with van der Waals surface area (Å²) >= 11 is 0. The van der Waals surface area contributed by atoms with E-state index in [4.69, 9.17) is 13.9 Å². The van der Waals surface area contributed by atoms with E-state index in [1.807, 2.05) is 6.07 Å². The van der Waals surface area contributed by atoms with Gasteiger partial charge in [0.05, 0.1) is 23.7 Å². The lowest BCUT2D eigenvalue weighted by Gasteiger charge is -2.19. The quantitative estimate of drug-likeness (QED) is 0.485. The minimum atomic E-state index is -0.370. The normalized spacial score (nSPS) is 19.5. The molecule has 3 rings (SSSR count). The van der Waals surface area contributed by atoms with Gasteiger partial charge in [0.15, 0.2) is 0 Å². The van der Waals surface area contributed by atoms with Gasteiger partial charge in [-0.15, -0.1) is 0 Å². The molecule has 0 spiro atoms. The van der Waals surface area contributed by atoms with Gasteiger partial charge in [-0.2, -0.15) is 4.98 Å². The Morgan fingerprint density at radius 3 is 2.52 bits per heavy atom. The average molecular weight is 435 g/mol. The zero-order chi connectivity index (χ0) is 22.3. The molecular weight excluding hydrogens is 396 g/mol. The number of hydrogen-bond acceptors (Lipinski definition) is 6. The summed E-state index contributed by atoms with van der Waals surface area (Å²) in [6.45, 7) is 7.12. The predicted molar refractivity (Wildman–Crippen MR) is 120 cm³/mol. The fraction of sp³-hybridized carbons (Fsp3) is 0.750. The molecule has 0 bridgehead atoms. The van der Waals surface area contributed by atoms with Crippen LogP contribution in [0.15, 0.2) is 21.5 Å². The summed E-state index contributed by atoms with van der Waals surface area (Å²) in [7, 11) is 0. The maximum Gasteiger partial charge on any atom is 0.353 e. The van der Waals surface area contributed by atoms with Crippen molar-refractivity contribution in [3.05, 3.63) is 28.5 Å². The van der Waals surface area contributed by atoms with Crippen molar-refractivity contribution in [2.75, 3.05) is 13.2 Å². The molecule has 1 aliphatic rings. The first-order valence-electron chi connectivity index (χ1n) is 11.8. The molecule has 1 N–H and O–H groups in total. The number of fused-ring (bicyclic) bond motifs is 1. The Kier molecular flexibility index (Phi) is 8.69. The van der Waals surface area contributed by atoms with Gasteiger partial charge in [-0.25, -0.2) is 4.79 Å². The Morgan fingerprint density at radius 2 is 1.84 bits per heavy atom. The van der Waals surface area contributed by atoms with Crippen molar-refractivity contribution in [2.45, 2.75) is 103 Å². The van der Waals surface area contributed by atoms with E-state index in [1.54, 1.807) is 6.20 Å². The molecule has 0 unspecified atom stereocenters. The molecule has 0 amide bonds. The van der Waals surface area contributed by atoms with Gasteiger partial charge in [-0.3, -0.25) is 4.57 Å². The number of hydrogen-bond donors (Lipinski definition) is 1.